The second-order valence-corrected chi connectivity index (χ2v) is 9.51. The Labute approximate surface area is 194 Å². The van der Waals surface area contributed by atoms with E-state index in [0.717, 1.165) is 0 Å². The fourth-order valence-corrected chi connectivity index (χ4v) is 5.72. The molecular weight excluding hydrogens is 400 g/mol. The molecule has 0 bridgehead atoms. The Morgan fingerprint density at radius 3 is 1.82 bits per heavy atom. The van der Waals surface area contributed by atoms with Gasteiger partial charge in [0.1, 0.15) is 0 Å². The number of hydrogen-bond acceptors (Lipinski definition) is 2. The average molecular weight is 425 g/mol. The number of hydrogen-bond donors (Lipinski definition) is 0. The number of rotatable bonds is 1. The molecule has 0 aliphatic carbocycles. The largest absolute Gasteiger partial charge is 0.306 e. The third kappa shape index (κ3) is 2.44. The zero-order valence-electron chi connectivity index (χ0n) is 18.8. The van der Waals surface area contributed by atoms with Crippen molar-refractivity contribution < 1.29 is 0 Å². The van der Waals surface area contributed by atoms with Crippen LogP contribution in [0.25, 0.3) is 10.8 Å². The first-order valence-electron chi connectivity index (χ1n) is 11.6. The van der Waals surface area contributed by atoms with Crippen LogP contribution >= 0.6 is 0 Å². The van der Waals surface area contributed by atoms with Crippen LogP contribution in [0, 0.1) is 0 Å². The van der Waals surface area contributed by atoms with Gasteiger partial charge < -0.3 is 9.80 Å². The van der Waals surface area contributed by atoms with Crippen LogP contribution in [0.5, 0.6) is 0 Å². The van der Waals surface area contributed by atoms with E-state index in [4.69, 9.17) is 0 Å². The van der Waals surface area contributed by atoms with Crippen LogP contribution in [0.2, 0.25) is 0 Å². The summed E-state index contributed by atoms with van der Waals surface area (Å²) in [4.78, 5) is 4.92. The van der Waals surface area contributed by atoms with Crippen LogP contribution in [0.1, 0.15) is 25.0 Å². The molecule has 2 aliphatic rings. The first kappa shape index (κ1) is 18.5. The van der Waals surface area contributed by atoms with Gasteiger partial charge in [0, 0.05) is 11.1 Å². The topological polar surface area (TPSA) is 6.48 Å². The highest BCUT2D eigenvalue weighted by atomic mass is 15.3. The van der Waals surface area contributed by atoms with Gasteiger partial charge in [-0.25, -0.2) is 0 Å². The van der Waals surface area contributed by atoms with Gasteiger partial charge >= 0.3 is 0 Å². The summed E-state index contributed by atoms with van der Waals surface area (Å²) < 4.78 is 0. The van der Waals surface area contributed by atoms with E-state index in [1.54, 1.807) is 0 Å². The summed E-state index contributed by atoms with van der Waals surface area (Å²) in [5.41, 5.74) is 10.0. The average Bonchev–Trinajstić information content (AvgIpc) is 2.86. The van der Waals surface area contributed by atoms with E-state index in [1.165, 1.54) is 56.0 Å². The first-order chi connectivity index (χ1) is 16.1. The number of anilines is 6. The molecule has 158 valence electrons. The Bertz CT molecular complexity index is 1550. The van der Waals surface area contributed by atoms with Gasteiger partial charge in [0.2, 0.25) is 0 Å². The SMILES string of the molecule is CC1(C)c2ccccc2N2c3cc4ccccc4cc3N(c3ccccc3)c3cccc1c32. The van der Waals surface area contributed by atoms with Gasteiger partial charge in [0.15, 0.2) is 0 Å². The maximum absolute atomic E-state index is 2.49. The molecule has 0 saturated carbocycles. The van der Waals surface area contributed by atoms with Crippen LogP contribution < -0.4 is 9.80 Å². The van der Waals surface area contributed by atoms with Crippen molar-refractivity contribution in [1.29, 1.82) is 0 Å². The van der Waals surface area contributed by atoms with E-state index in [1.807, 2.05) is 0 Å². The second kappa shape index (κ2) is 6.49. The molecule has 0 N–H and O–H groups in total. The zero-order chi connectivity index (χ0) is 22.2. The number of benzene rings is 5. The van der Waals surface area contributed by atoms with Crippen molar-refractivity contribution in [3.63, 3.8) is 0 Å². The lowest BCUT2D eigenvalue weighted by atomic mass is 9.72. The minimum Gasteiger partial charge on any atom is -0.306 e. The molecule has 2 nitrogen and oxygen atoms in total. The summed E-state index contributed by atoms with van der Waals surface area (Å²) in [5, 5.41) is 2.51. The molecule has 5 aromatic rings. The Balaban J connectivity index is 1.64. The predicted molar refractivity (Wildman–Crippen MR) is 139 cm³/mol. The molecule has 0 saturated heterocycles. The van der Waals surface area contributed by atoms with E-state index >= 15 is 0 Å². The van der Waals surface area contributed by atoms with Gasteiger partial charge in [0.05, 0.1) is 28.4 Å². The molecule has 5 aromatic carbocycles. The Hall–Kier alpha value is -4.04. The van der Waals surface area contributed by atoms with Gasteiger partial charge in [-0.2, -0.15) is 0 Å². The highest BCUT2D eigenvalue weighted by Gasteiger charge is 2.42. The number of para-hydroxylation sites is 3. The molecule has 0 atom stereocenters. The second-order valence-electron chi connectivity index (χ2n) is 9.51. The maximum atomic E-state index is 2.49. The number of fused-ring (bicyclic) bond motifs is 5. The first-order valence-corrected chi connectivity index (χ1v) is 11.6. The fourth-order valence-electron chi connectivity index (χ4n) is 5.72. The molecule has 0 aromatic heterocycles. The fraction of sp³-hybridized carbons (Fsp3) is 0.0968. The Morgan fingerprint density at radius 1 is 0.485 bits per heavy atom. The third-order valence-electron chi connectivity index (χ3n) is 7.31. The lowest BCUT2D eigenvalue weighted by Gasteiger charge is -2.48. The van der Waals surface area contributed by atoms with Crippen molar-refractivity contribution in [2.24, 2.45) is 0 Å². The molecule has 0 amide bonds. The smallest absolute Gasteiger partial charge is 0.0744 e. The summed E-state index contributed by atoms with van der Waals surface area (Å²) in [6, 6.07) is 39.8. The molecule has 0 unspecified atom stereocenters. The maximum Gasteiger partial charge on any atom is 0.0744 e. The molecule has 2 heterocycles. The molecule has 0 spiro atoms. The summed E-state index contributed by atoms with van der Waals surface area (Å²) >= 11 is 0. The monoisotopic (exact) mass is 424 g/mol. The molecule has 2 heteroatoms. The Kier molecular flexibility index (Phi) is 3.64. The van der Waals surface area contributed by atoms with Crippen molar-refractivity contribution in [2.75, 3.05) is 9.80 Å². The summed E-state index contributed by atoms with van der Waals surface area (Å²) in [7, 11) is 0. The van der Waals surface area contributed by atoms with E-state index in [-0.39, 0.29) is 5.41 Å². The number of nitrogens with zero attached hydrogens (tertiary/aromatic N) is 2. The molecule has 0 radical (unpaired) electrons. The van der Waals surface area contributed by atoms with Gasteiger partial charge in [0.25, 0.3) is 0 Å². The van der Waals surface area contributed by atoms with Gasteiger partial charge in [-0.1, -0.05) is 86.6 Å². The van der Waals surface area contributed by atoms with Gasteiger partial charge in [-0.3, -0.25) is 0 Å². The molecule has 0 fully saturated rings. The quantitative estimate of drug-likeness (QED) is 0.260. The lowest BCUT2D eigenvalue weighted by molar-refractivity contribution is 0.631. The van der Waals surface area contributed by atoms with Gasteiger partial charge in [-0.15, -0.1) is 0 Å². The normalized spacial score (nSPS) is 15.1. The van der Waals surface area contributed by atoms with E-state index in [0.29, 0.717) is 0 Å². The summed E-state index contributed by atoms with van der Waals surface area (Å²) in [6.45, 7) is 4.70. The van der Waals surface area contributed by atoms with Crippen LogP contribution in [0.15, 0.2) is 109 Å². The van der Waals surface area contributed by atoms with Crippen molar-refractivity contribution in [2.45, 2.75) is 19.3 Å². The molecule has 33 heavy (non-hydrogen) atoms. The highest BCUT2D eigenvalue weighted by molar-refractivity contribution is 6.08. The van der Waals surface area contributed by atoms with Crippen molar-refractivity contribution >= 4 is 44.9 Å². The van der Waals surface area contributed by atoms with Crippen molar-refractivity contribution in [3.05, 3.63) is 120 Å². The van der Waals surface area contributed by atoms with E-state index in [9.17, 15) is 0 Å². The lowest BCUT2D eigenvalue weighted by Crippen LogP contribution is -2.34. The van der Waals surface area contributed by atoms with Crippen molar-refractivity contribution in [3.8, 4) is 0 Å². The predicted octanol–water partition coefficient (Wildman–Crippen LogP) is 8.73. The minimum atomic E-state index is -0.0881. The minimum absolute atomic E-state index is 0.0881. The van der Waals surface area contributed by atoms with Crippen LogP contribution in [-0.4, -0.2) is 0 Å². The van der Waals surface area contributed by atoms with E-state index in [2.05, 4.69) is 133 Å². The summed E-state index contributed by atoms with van der Waals surface area (Å²) in [5.74, 6) is 0. The van der Waals surface area contributed by atoms with Crippen LogP contribution in [0.3, 0.4) is 0 Å². The molecule has 7 rings (SSSR count). The van der Waals surface area contributed by atoms with Gasteiger partial charge in [-0.05, 0) is 58.3 Å². The van der Waals surface area contributed by atoms with Crippen LogP contribution in [-0.2, 0) is 5.41 Å². The Morgan fingerprint density at radius 2 is 1.06 bits per heavy atom. The molecular formula is C31H24N2. The van der Waals surface area contributed by atoms with Crippen LogP contribution in [0.4, 0.5) is 34.1 Å². The summed E-state index contributed by atoms with van der Waals surface area (Å²) in [6.07, 6.45) is 0. The third-order valence-corrected chi connectivity index (χ3v) is 7.31. The van der Waals surface area contributed by atoms with E-state index < -0.39 is 0 Å². The highest BCUT2D eigenvalue weighted by Crippen LogP contribution is 2.61. The zero-order valence-corrected chi connectivity index (χ0v) is 18.8. The molecule has 2 aliphatic heterocycles. The standard InChI is InChI=1S/C31H24N2/c1-31(2)24-15-8-9-17-26(24)33-29-20-22-12-7-6-11-21(22)19-28(29)32(23-13-4-3-5-14-23)27-18-10-16-25(31)30(27)33/h3-20H,1-2H3. The van der Waals surface area contributed by atoms with Crippen molar-refractivity contribution in [1.82, 2.24) is 0 Å².